The van der Waals surface area contributed by atoms with E-state index in [1.165, 1.54) is 11.1 Å². The van der Waals surface area contributed by atoms with Gasteiger partial charge in [-0.2, -0.15) is 0 Å². The molecule has 0 bridgehead atoms. The fraction of sp³-hybridized carbons (Fsp3) is 0.706. The highest BCUT2D eigenvalue weighted by Crippen LogP contribution is 2.19. The Morgan fingerprint density at radius 3 is 2.17 bits per heavy atom. The van der Waals surface area contributed by atoms with Crippen LogP contribution in [0.25, 0.3) is 0 Å². The molecule has 0 aliphatic heterocycles. The van der Waals surface area contributed by atoms with Gasteiger partial charge in [0.1, 0.15) is 6.29 Å². The average molecular weight is 250 g/mol. The molecular formula is C17H30O. The molecule has 0 aromatic heterocycles. The largest absolute Gasteiger partial charge is 0.303 e. The van der Waals surface area contributed by atoms with Crippen molar-refractivity contribution in [2.24, 2.45) is 11.8 Å². The summed E-state index contributed by atoms with van der Waals surface area (Å²) in [5, 5.41) is 0. The second kappa shape index (κ2) is 10.1. The third-order valence-electron chi connectivity index (χ3n) is 3.87. The minimum absolute atomic E-state index is 0.494. The Bertz CT molecular complexity index is 286. The van der Waals surface area contributed by atoms with Gasteiger partial charge in [0.15, 0.2) is 0 Å². The molecule has 0 saturated carbocycles. The lowest BCUT2D eigenvalue weighted by molar-refractivity contribution is -0.108. The molecule has 0 heterocycles. The molecule has 0 spiro atoms. The standard InChI is InChI=1S/C17H30O/c1-6-14(2)8-7-9-15(3)10-11-16(4)17(5)12-13-18/h8,10,13,16-17H,6-7,9,11-12H2,1-5H3. The second-order valence-electron chi connectivity index (χ2n) is 5.59. The maximum Gasteiger partial charge on any atom is 0.120 e. The fourth-order valence-electron chi connectivity index (χ4n) is 1.80. The van der Waals surface area contributed by atoms with Crippen molar-refractivity contribution >= 4 is 6.29 Å². The van der Waals surface area contributed by atoms with Crippen molar-refractivity contribution in [2.45, 2.75) is 66.7 Å². The van der Waals surface area contributed by atoms with Crippen LogP contribution in [0.4, 0.5) is 0 Å². The number of hydrogen-bond donors (Lipinski definition) is 0. The Kier molecular flexibility index (Phi) is 9.63. The Balaban J connectivity index is 4.00. The summed E-state index contributed by atoms with van der Waals surface area (Å²) in [7, 11) is 0. The lowest BCUT2D eigenvalue weighted by Crippen LogP contribution is -2.07. The molecule has 1 nitrogen and oxygen atoms in total. The molecule has 0 aliphatic rings. The number of allylic oxidation sites excluding steroid dienone is 4. The minimum Gasteiger partial charge on any atom is -0.303 e. The van der Waals surface area contributed by atoms with E-state index < -0.39 is 0 Å². The van der Waals surface area contributed by atoms with Gasteiger partial charge in [-0.15, -0.1) is 0 Å². The summed E-state index contributed by atoms with van der Waals surface area (Å²) in [6, 6.07) is 0. The highest BCUT2D eigenvalue weighted by Gasteiger charge is 2.09. The molecule has 0 radical (unpaired) electrons. The fourth-order valence-corrected chi connectivity index (χ4v) is 1.80. The summed E-state index contributed by atoms with van der Waals surface area (Å²) in [4.78, 5) is 10.5. The minimum atomic E-state index is 0.494. The lowest BCUT2D eigenvalue weighted by Gasteiger charge is -2.15. The first-order valence-electron chi connectivity index (χ1n) is 7.26. The lowest BCUT2D eigenvalue weighted by atomic mass is 9.90. The number of rotatable bonds is 9. The SMILES string of the molecule is CCC(C)=CCCC(C)=CCC(C)C(C)CC=O. The van der Waals surface area contributed by atoms with E-state index in [1.807, 2.05) is 0 Å². The highest BCUT2D eigenvalue weighted by atomic mass is 16.1. The smallest absolute Gasteiger partial charge is 0.120 e. The molecule has 2 unspecified atom stereocenters. The molecule has 2 atom stereocenters. The van der Waals surface area contributed by atoms with E-state index in [2.05, 4.69) is 46.8 Å². The van der Waals surface area contributed by atoms with Crippen molar-refractivity contribution < 1.29 is 4.79 Å². The zero-order chi connectivity index (χ0) is 14.0. The summed E-state index contributed by atoms with van der Waals surface area (Å²) in [5.41, 5.74) is 2.95. The van der Waals surface area contributed by atoms with Crippen LogP contribution in [-0.4, -0.2) is 6.29 Å². The molecule has 0 rings (SSSR count). The van der Waals surface area contributed by atoms with Gasteiger partial charge in [-0.1, -0.05) is 44.1 Å². The Labute approximate surface area is 113 Å². The van der Waals surface area contributed by atoms with Crippen LogP contribution in [0.1, 0.15) is 66.7 Å². The predicted molar refractivity (Wildman–Crippen MR) is 80.7 cm³/mol. The van der Waals surface area contributed by atoms with Gasteiger partial charge >= 0.3 is 0 Å². The van der Waals surface area contributed by atoms with Crippen LogP contribution in [0.5, 0.6) is 0 Å². The van der Waals surface area contributed by atoms with Crippen LogP contribution in [0.2, 0.25) is 0 Å². The molecule has 0 aliphatic carbocycles. The maximum atomic E-state index is 10.5. The van der Waals surface area contributed by atoms with E-state index in [-0.39, 0.29) is 0 Å². The van der Waals surface area contributed by atoms with Gasteiger partial charge in [0.25, 0.3) is 0 Å². The number of hydrogen-bond acceptors (Lipinski definition) is 1. The second-order valence-corrected chi connectivity index (χ2v) is 5.59. The molecule has 0 N–H and O–H groups in total. The van der Waals surface area contributed by atoms with Gasteiger partial charge in [0.2, 0.25) is 0 Å². The van der Waals surface area contributed by atoms with Crippen LogP contribution < -0.4 is 0 Å². The van der Waals surface area contributed by atoms with E-state index >= 15 is 0 Å². The third-order valence-corrected chi connectivity index (χ3v) is 3.87. The summed E-state index contributed by atoms with van der Waals surface area (Å²) in [6.07, 6.45) is 11.0. The van der Waals surface area contributed by atoms with Crippen molar-refractivity contribution in [2.75, 3.05) is 0 Å². The van der Waals surface area contributed by atoms with E-state index in [9.17, 15) is 4.79 Å². The number of carbonyl (C=O) groups is 1. The summed E-state index contributed by atoms with van der Waals surface area (Å²) < 4.78 is 0. The predicted octanol–water partition coefficient (Wildman–Crippen LogP) is 5.32. The highest BCUT2D eigenvalue weighted by molar-refractivity contribution is 5.49. The van der Waals surface area contributed by atoms with Gasteiger partial charge < -0.3 is 4.79 Å². The Morgan fingerprint density at radius 2 is 1.61 bits per heavy atom. The van der Waals surface area contributed by atoms with Gasteiger partial charge in [0.05, 0.1) is 0 Å². The van der Waals surface area contributed by atoms with Crippen LogP contribution in [0.3, 0.4) is 0 Å². The maximum absolute atomic E-state index is 10.5. The molecule has 0 amide bonds. The van der Waals surface area contributed by atoms with Gasteiger partial charge in [-0.05, 0) is 51.4 Å². The third kappa shape index (κ3) is 8.27. The summed E-state index contributed by atoms with van der Waals surface area (Å²) >= 11 is 0. The van der Waals surface area contributed by atoms with Crippen LogP contribution in [0, 0.1) is 11.8 Å². The van der Waals surface area contributed by atoms with Crippen LogP contribution in [-0.2, 0) is 4.79 Å². The Morgan fingerprint density at radius 1 is 1.00 bits per heavy atom. The van der Waals surface area contributed by atoms with Gasteiger partial charge in [0, 0.05) is 6.42 Å². The van der Waals surface area contributed by atoms with Crippen molar-refractivity contribution in [3.05, 3.63) is 23.3 Å². The van der Waals surface area contributed by atoms with Crippen molar-refractivity contribution in [1.29, 1.82) is 0 Å². The monoisotopic (exact) mass is 250 g/mol. The topological polar surface area (TPSA) is 17.1 Å². The first-order valence-corrected chi connectivity index (χ1v) is 7.26. The molecule has 18 heavy (non-hydrogen) atoms. The van der Waals surface area contributed by atoms with E-state index in [4.69, 9.17) is 0 Å². The van der Waals surface area contributed by atoms with Gasteiger partial charge in [-0.25, -0.2) is 0 Å². The summed E-state index contributed by atoms with van der Waals surface area (Å²) in [5.74, 6) is 1.09. The first kappa shape index (κ1) is 17.2. The van der Waals surface area contributed by atoms with Crippen LogP contribution in [0.15, 0.2) is 23.3 Å². The van der Waals surface area contributed by atoms with Crippen molar-refractivity contribution in [3.63, 3.8) is 0 Å². The molecular weight excluding hydrogens is 220 g/mol. The summed E-state index contributed by atoms with van der Waals surface area (Å²) in [6.45, 7) is 11.0. The van der Waals surface area contributed by atoms with Crippen molar-refractivity contribution in [3.8, 4) is 0 Å². The molecule has 104 valence electrons. The zero-order valence-electron chi connectivity index (χ0n) is 12.8. The van der Waals surface area contributed by atoms with E-state index in [0.717, 1.165) is 32.0 Å². The first-order chi connectivity index (χ1) is 8.51. The molecule has 0 aromatic carbocycles. The Hall–Kier alpha value is -0.850. The quantitative estimate of drug-likeness (QED) is 0.400. The average Bonchev–Trinajstić information content (AvgIpc) is 2.35. The van der Waals surface area contributed by atoms with Crippen molar-refractivity contribution in [1.82, 2.24) is 0 Å². The molecule has 1 heteroatoms. The number of aldehydes is 1. The van der Waals surface area contributed by atoms with E-state index in [0.29, 0.717) is 18.3 Å². The number of carbonyl (C=O) groups excluding carboxylic acids is 1. The molecule has 0 saturated heterocycles. The molecule has 0 fully saturated rings. The normalized spacial score (nSPS) is 16.5. The van der Waals surface area contributed by atoms with E-state index in [1.54, 1.807) is 0 Å². The zero-order valence-corrected chi connectivity index (χ0v) is 12.8. The molecule has 0 aromatic rings. The van der Waals surface area contributed by atoms with Crippen LogP contribution >= 0.6 is 0 Å². The van der Waals surface area contributed by atoms with Gasteiger partial charge in [-0.3, -0.25) is 0 Å².